The van der Waals surface area contributed by atoms with Crippen molar-refractivity contribution in [3.8, 4) is 0 Å². The number of fused-ring (bicyclic) bond motifs is 2. The number of hydrogen-bond acceptors (Lipinski definition) is 9. The zero-order chi connectivity index (χ0) is 35.6. The summed E-state index contributed by atoms with van der Waals surface area (Å²) in [6, 6.07) is 15.0. The average molecular weight is 688 g/mol. The zero-order valence-corrected chi connectivity index (χ0v) is 28.6. The number of anilines is 1. The van der Waals surface area contributed by atoms with E-state index >= 15 is 0 Å². The third-order valence-corrected chi connectivity index (χ3v) is 8.59. The van der Waals surface area contributed by atoms with E-state index in [1.54, 1.807) is 12.1 Å². The molecule has 2 aromatic carbocycles. The molecular weight excluding hydrogens is 642 g/mol. The molecule has 14 nitrogen and oxygen atoms in total. The van der Waals surface area contributed by atoms with Gasteiger partial charge in [0.15, 0.2) is 11.5 Å². The summed E-state index contributed by atoms with van der Waals surface area (Å²) in [5.41, 5.74) is 1.98. The minimum atomic E-state index is -1.03. The van der Waals surface area contributed by atoms with Crippen LogP contribution in [-0.4, -0.2) is 97.1 Å². The number of rotatable bonds is 6. The number of nitrogens with one attached hydrogen (secondary N) is 4. The molecule has 5 amide bonds. The van der Waals surface area contributed by atoms with Gasteiger partial charge in [0.05, 0.1) is 25.3 Å². The number of ether oxygens (including phenoxy) is 1. The molecule has 1 saturated heterocycles. The van der Waals surface area contributed by atoms with Gasteiger partial charge in [0, 0.05) is 44.4 Å². The smallest absolute Gasteiger partial charge is 0.274 e. The number of aromatic nitrogens is 1. The summed E-state index contributed by atoms with van der Waals surface area (Å²) in [6.45, 7) is 7.75. The fourth-order valence-corrected chi connectivity index (χ4v) is 5.94. The van der Waals surface area contributed by atoms with Gasteiger partial charge < -0.3 is 40.3 Å². The lowest BCUT2D eigenvalue weighted by molar-refractivity contribution is -0.132. The van der Waals surface area contributed by atoms with Crippen LogP contribution in [0.15, 0.2) is 65.2 Å². The SMILES string of the molecule is CC(C)C[C@H]1NC(=O)[C@@H](C)NC(=O)c2cc(on2)CN(C(=O)c2ccccc2N2CCOCC2)CCNC(=O)[C@@H](Cc2ccccc2)NC1=O. The molecule has 3 heterocycles. The lowest BCUT2D eigenvalue weighted by atomic mass is 10.0. The quantitative estimate of drug-likeness (QED) is 0.301. The number of carbonyl (C=O) groups is 5. The van der Waals surface area contributed by atoms with Crippen molar-refractivity contribution in [2.45, 2.75) is 58.3 Å². The summed E-state index contributed by atoms with van der Waals surface area (Å²) in [5, 5.41) is 15.0. The molecule has 0 saturated carbocycles. The molecule has 3 aromatic rings. The van der Waals surface area contributed by atoms with Gasteiger partial charge in [-0.2, -0.15) is 0 Å². The highest BCUT2D eigenvalue weighted by Gasteiger charge is 2.31. The van der Waals surface area contributed by atoms with Gasteiger partial charge in [0.1, 0.15) is 18.1 Å². The highest BCUT2D eigenvalue weighted by Crippen LogP contribution is 2.24. The minimum absolute atomic E-state index is 0.0284. The summed E-state index contributed by atoms with van der Waals surface area (Å²) in [7, 11) is 0. The summed E-state index contributed by atoms with van der Waals surface area (Å²) >= 11 is 0. The molecule has 2 bridgehead atoms. The van der Waals surface area contributed by atoms with Gasteiger partial charge >= 0.3 is 0 Å². The van der Waals surface area contributed by atoms with Crippen molar-refractivity contribution >= 4 is 35.2 Å². The number of amides is 5. The van der Waals surface area contributed by atoms with Crippen molar-refractivity contribution in [2.75, 3.05) is 44.3 Å². The summed E-state index contributed by atoms with van der Waals surface area (Å²) in [4.78, 5) is 71.5. The van der Waals surface area contributed by atoms with Gasteiger partial charge in [-0.1, -0.05) is 61.5 Å². The first-order valence-electron chi connectivity index (χ1n) is 17.0. The highest BCUT2D eigenvalue weighted by molar-refractivity contribution is 6.00. The first kappa shape index (κ1) is 36.1. The fraction of sp³-hybridized carbons (Fsp3) is 0.444. The number of morpholine rings is 1. The molecule has 4 N–H and O–H groups in total. The van der Waals surface area contributed by atoms with Gasteiger partial charge in [-0.15, -0.1) is 0 Å². The maximum Gasteiger partial charge on any atom is 0.274 e. The van der Waals surface area contributed by atoms with E-state index in [0.29, 0.717) is 38.3 Å². The van der Waals surface area contributed by atoms with Crippen molar-refractivity contribution in [1.82, 2.24) is 31.3 Å². The Balaban J connectivity index is 1.45. The van der Waals surface area contributed by atoms with E-state index < -0.39 is 41.8 Å². The van der Waals surface area contributed by atoms with Crippen LogP contribution >= 0.6 is 0 Å². The second-order valence-electron chi connectivity index (χ2n) is 12.9. The van der Waals surface area contributed by atoms with Crippen molar-refractivity contribution in [2.24, 2.45) is 5.92 Å². The molecule has 1 fully saturated rings. The zero-order valence-electron chi connectivity index (χ0n) is 28.6. The minimum Gasteiger partial charge on any atom is -0.378 e. The predicted molar refractivity (Wildman–Crippen MR) is 184 cm³/mol. The molecule has 3 atom stereocenters. The van der Waals surface area contributed by atoms with E-state index in [4.69, 9.17) is 9.26 Å². The van der Waals surface area contributed by atoms with E-state index in [9.17, 15) is 24.0 Å². The predicted octanol–water partition coefficient (Wildman–Crippen LogP) is 1.66. The Kier molecular flexibility index (Phi) is 12.2. The second kappa shape index (κ2) is 16.9. The van der Waals surface area contributed by atoms with Crippen LogP contribution in [0.25, 0.3) is 0 Å². The summed E-state index contributed by atoms with van der Waals surface area (Å²) in [5.74, 6) is -2.25. The number of para-hydroxylation sites is 1. The van der Waals surface area contributed by atoms with Gasteiger partial charge in [0.25, 0.3) is 11.8 Å². The number of hydrogen-bond donors (Lipinski definition) is 4. The Morgan fingerprint density at radius 2 is 1.58 bits per heavy atom. The molecule has 0 aliphatic carbocycles. The van der Waals surface area contributed by atoms with Gasteiger partial charge in [-0.25, -0.2) is 0 Å². The van der Waals surface area contributed by atoms with Crippen LogP contribution < -0.4 is 26.2 Å². The third kappa shape index (κ3) is 9.47. The Labute approximate surface area is 291 Å². The Morgan fingerprint density at radius 3 is 2.32 bits per heavy atom. The second-order valence-corrected chi connectivity index (χ2v) is 12.9. The molecule has 2 aliphatic rings. The van der Waals surface area contributed by atoms with Crippen LogP contribution in [0.1, 0.15) is 59.4 Å². The van der Waals surface area contributed by atoms with Crippen LogP contribution in [0.2, 0.25) is 0 Å². The first-order chi connectivity index (χ1) is 24.1. The van der Waals surface area contributed by atoms with Crippen molar-refractivity contribution < 1.29 is 33.2 Å². The number of benzene rings is 2. The largest absolute Gasteiger partial charge is 0.378 e. The summed E-state index contributed by atoms with van der Waals surface area (Å²) < 4.78 is 11.0. The average Bonchev–Trinajstić information content (AvgIpc) is 3.59. The van der Waals surface area contributed by atoms with Crippen LogP contribution in [-0.2, 0) is 32.1 Å². The Hall–Kier alpha value is -5.24. The maximum atomic E-state index is 14.2. The molecular formula is C36H45N7O7. The first-order valence-corrected chi connectivity index (χ1v) is 17.0. The van der Waals surface area contributed by atoms with Crippen molar-refractivity contribution in [3.05, 3.63) is 83.2 Å². The van der Waals surface area contributed by atoms with E-state index in [1.807, 2.05) is 56.3 Å². The van der Waals surface area contributed by atoms with Crippen molar-refractivity contribution in [1.29, 1.82) is 0 Å². The van der Waals surface area contributed by atoms with Crippen molar-refractivity contribution in [3.63, 3.8) is 0 Å². The van der Waals surface area contributed by atoms with E-state index in [2.05, 4.69) is 31.3 Å². The van der Waals surface area contributed by atoms with Crippen LogP contribution in [0.3, 0.4) is 0 Å². The molecule has 0 spiro atoms. The van der Waals surface area contributed by atoms with Gasteiger partial charge in [-0.3, -0.25) is 24.0 Å². The van der Waals surface area contributed by atoms with Gasteiger partial charge in [-0.05, 0) is 37.0 Å². The molecule has 0 unspecified atom stereocenters. The van der Waals surface area contributed by atoms with Gasteiger partial charge in [0.2, 0.25) is 17.7 Å². The highest BCUT2D eigenvalue weighted by atomic mass is 16.5. The maximum absolute atomic E-state index is 14.2. The molecule has 0 radical (unpaired) electrons. The number of nitrogens with zero attached hydrogens (tertiary/aromatic N) is 3. The third-order valence-electron chi connectivity index (χ3n) is 8.59. The number of carbonyl (C=O) groups excluding carboxylic acids is 5. The molecule has 266 valence electrons. The lowest BCUT2D eigenvalue weighted by Crippen LogP contribution is -2.57. The lowest BCUT2D eigenvalue weighted by Gasteiger charge is -2.31. The van der Waals surface area contributed by atoms with E-state index in [0.717, 1.165) is 11.3 Å². The molecule has 1 aromatic heterocycles. The molecule has 5 rings (SSSR count). The van der Waals surface area contributed by atoms with Crippen LogP contribution in [0.4, 0.5) is 5.69 Å². The Morgan fingerprint density at radius 1 is 0.880 bits per heavy atom. The van der Waals surface area contributed by atoms with E-state index in [1.165, 1.54) is 17.9 Å². The Bertz CT molecular complexity index is 1650. The summed E-state index contributed by atoms with van der Waals surface area (Å²) in [6.07, 6.45) is 0.497. The normalized spacial score (nSPS) is 21.4. The fourth-order valence-electron chi connectivity index (χ4n) is 5.94. The molecule has 14 heteroatoms. The van der Waals surface area contributed by atoms with E-state index in [-0.39, 0.29) is 49.3 Å². The van der Waals surface area contributed by atoms with Crippen LogP contribution in [0.5, 0.6) is 0 Å². The molecule has 50 heavy (non-hydrogen) atoms. The monoisotopic (exact) mass is 687 g/mol. The standard InChI is InChI=1S/C36H45N7O7/c1-23(2)19-28-34(46)40-29(20-25-9-5-4-6-10-25)33(45)37-13-14-43(22-26-21-30(41-50-26)35(47)38-24(3)32(44)39-28)36(48)27-11-7-8-12-31(27)42-15-17-49-18-16-42/h4-12,21,23-24,28-29H,13-20,22H2,1-3H3,(H,37,45)(H,38,47)(H,39,44)(H,40,46)/t24-,28-,29-/m1/s1. The molecule has 2 aliphatic heterocycles. The topological polar surface area (TPSA) is 175 Å². The van der Waals surface area contributed by atoms with Crippen LogP contribution in [0, 0.1) is 5.92 Å².